The monoisotopic (exact) mass is 476 g/mol. The molecule has 0 aromatic heterocycles. The van der Waals surface area contributed by atoms with Crippen molar-refractivity contribution >= 4 is 23.5 Å². The number of aliphatic hydroxyl groups is 1. The van der Waals surface area contributed by atoms with E-state index in [9.17, 15) is 5.11 Å². The highest BCUT2D eigenvalue weighted by molar-refractivity contribution is 8.17. The fourth-order valence-electron chi connectivity index (χ4n) is 5.30. The van der Waals surface area contributed by atoms with Crippen molar-refractivity contribution in [2.45, 2.75) is 67.8 Å². The zero-order chi connectivity index (χ0) is 22.7. The Bertz CT molecular complexity index is 842. The minimum Gasteiger partial charge on any atom is -0.512 e. The van der Waals surface area contributed by atoms with Crippen molar-refractivity contribution in [1.82, 2.24) is 0 Å². The van der Waals surface area contributed by atoms with Gasteiger partial charge in [-0.25, -0.2) is 0 Å². The van der Waals surface area contributed by atoms with Crippen LogP contribution in [0.25, 0.3) is 0 Å². The summed E-state index contributed by atoms with van der Waals surface area (Å²) in [7, 11) is 0. The summed E-state index contributed by atoms with van der Waals surface area (Å²) >= 11 is 3.45. The first kappa shape index (κ1) is 24.1. The van der Waals surface area contributed by atoms with Crippen LogP contribution in [0, 0.1) is 12.8 Å². The van der Waals surface area contributed by atoms with Gasteiger partial charge in [-0.05, 0) is 69.6 Å². The summed E-state index contributed by atoms with van der Waals surface area (Å²) in [5.74, 6) is 1.44. The number of hydrogen-bond donors (Lipinski definition) is 1. The number of benzene rings is 1. The highest BCUT2D eigenvalue weighted by Gasteiger charge is 2.54. The van der Waals surface area contributed by atoms with Gasteiger partial charge in [0.15, 0.2) is 6.29 Å². The third kappa shape index (κ3) is 4.61. The molecular weight excluding hydrogens is 440 g/mol. The molecule has 1 aliphatic carbocycles. The average Bonchev–Trinajstić information content (AvgIpc) is 3.31. The summed E-state index contributed by atoms with van der Waals surface area (Å²) in [4.78, 5) is 0. The molecule has 2 aliphatic heterocycles. The highest BCUT2D eigenvalue weighted by atomic mass is 32.2. The minimum absolute atomic E-state index is 0.0101. The van der Waals surface area contributed by atoms with Gasteiger partial charge in [0.25, 0.3) is 0 Å². The lowest BCUT2D eigenvalue weighted by Crippen LogP contribution is -2.39. The number of aryl methyl sites for hydroxylation is 2. The molecule has 0 spiro atoms. The van der Waals surface area contributed by atoms with E-state index in [1.165, 1.54) is 23.1 Å². The molecule has 2 heterocycles. The maximum atomic E-state index is 10.9. The molecule has 1 aromatic rings. The van der Waals surface area contributed by atoms with Gasteiger partial charge in [0.1, 0.15) is 11.9 Å². The van der Waals surface area contributed by atoms with Gasteiger partial charge in [-0.15, -0.1) is 30.1 Å². The van der Waals surface area contributed by atoms with Gasteiger partial charge in [-0.3, -0.25) is 0 Å². The second kappa shape index (κ2) is 10.5. The molecule has 32 heavy (non-hydrogen) atoms. The van der Waals surface area contributed by atoms with Crippen LogP contribution in [-0.4, -0.2) is 47.3 Å². The van der Waals surface area contributed by atoms with Crippen molar-refractivity contribution in [3.05, 3.63) is 53.3 Å². The smallest absolute Gasteiger partial charge is 0.157 e. The third-order valence-electron chi connectivity index (χ3n) is 6.94. The van der Waals surface area contributed by atoms with Crippen molar-refractivity contribution in [2.24, 2.45) is 5.92 Å². The van der Waals surface area contributed by atoms with Gasteiger partial charge in [0, 0.05) is 24.7 Å². The quantitative estimate of drug-likeness (QED) is 0.240. The average molecular weight is 477 g/mol. The van der Waals surface area contributed by atoms with Crippen LogP contribution in [0.1, 0.15) is 54.7 Å². The molecule has 0 saturated carbocycles. The van der Waals surface area contributed by atoms with Crippen LogP contribution in [0.15, 0.2) is 36.6 Å². The minimum atomic E-state index is -0.310. The summed E-state index contributed by atoms with van der Waals surface area (Å²) in [6, 6.07) is 4.49. The first-order valence-corrected chi connectivity index (χ1v) is 14.2. The molecule has 3 aliphatic rings. The number of thioether (sulfide) groups is 2. The predicted molar refractivity (Wildman–Crippen MR) is 135 cm³/mol. The van der Waals surface area contributed by atoms with Crippen molar-refractivity contribution in [1.29, 1.82) is 0 Å². The first-order valence-electron chi connectivity index (χ1n) is 11.7. The lowest BCUT2D eigenvalue weighted by atomic mass is 9.90. The van der Waals surface area contributed by atoms with Crippen LogP contribution >= 0.6 is 23.5 Å². The van der Waals surface area contributed by atoms with Gasteiger partial charge < -0.3 is 19.3 Å². The summed E-state index contributed by atoms with van der Waals surface area (Å²) in [5.41, 5.74) is 3.73. The number of fused-ring (bicyclic) bond motifs is 3. The molecule has 4 rings (SSSR count). The Hall–Kier alpha value is -1.08. The standard InChI is InChI=1S/C26H36O4S2/c1-5-26(31-3,32-4)23-21(27)16-20-19-15-17(2)14-18(24(19)30-25(20)23)10-6-8-12-28-22-11-7-9-13-29-22/h5,14-16,20,22-23,25,27H,1,6-13H2,2-4H3/t20-,22?,23?,25+/m1/s1. The van der Waals surface area contributed by atoms with E-state index >= 15 is 0 Å². The fourth-order valence-corrected chi connectivity index (χ4v) is 7.32. The van der Waals surface area contributed by atoms with Crippen LogP contribution < -0.4 is 4.74 Å². The van der Waals surface area contributed by atoms with Crippen LogP contribution in [-0.2, 0) is 15.9 Å². The first-order chi connectivity index (χ1) is 15.5. The van der Waals surface area contributed by atoms with E-state index in [0.717, 1.165) is 51.1 Å². The summed E-state index contributed by atoms with van der Waals surface area (Å²) in [6.45, 7) is 7.80. The molecule has 0 bridgehead atoms. The lowest BCUT2D eigenvalue weighted by Gasteiger charge is -2.36. The summed E-state index contributed by atoms with van der Waals surface area (Å²) in [6.07, 6.45) is 14.4. The molecule has 1 fully saturated rings. The van der Waals surface area contributed by atoms with E-state index < -0.39 is 0 Å². The Kier molecular flexibility index (Phi) is 7.86. The van der Waals surface area contributed by atoms with Gasteiger partial charge in [-0.1, -0.05) is 23.8 Å². The van der Waals surface area contributed by atoms with Gasteiger partial charge in [-0.2, -0.15) is 0 Å². The van der Waals surface area contributed by atoms with Crippen molar-refractivity contribution < 1.29 is 19.3 Å². The zero-order valence-corrected chi connectivity index (χ0v) is 21.1. The zero-order valence-electron chi connectivity index (χ0n) is 19.5. The van der Waals surface area contributed by atoms with E-state index in [-0.39, 0.29) is 28.3 Å². The van der Waals surface area contributed by atoms with E-state index in [0.29, 0.717) is 5.76 Å². The largest absolute Gasteiger partial charge is 0.512 e. The molecule has 176 valence electrons. The van der Waals surface area contributed by atoms with Crippen LogP contribution in [0.5, 0.6) is 5.75 Å². The number of unbranched alkanes of at least 4 members (excludes halogenated alkanes) is 1. The van der Waals surface area contributed by atoms with Gasteiger partial charge >= 0.3 is 0 Å². The third-order valence-corrected chi connectivity index (χ3v) is 10.1. The Balaban J connectivity index is 1.44. The maximum Gasteiger partial charge on any atom is 0.157 e. The molecule has 4 atom stereocenters. The van der Waals surface area contributed by atoms with Crippen LogP contribution in [0.4, 0.5) is 0 Å². The van der Waals surface area contributed by atoms with Gasteiger partial charge in [0.2, 0.25) is 0 Å². The Morgan fingerprint density at radius 2 is 2.06 bits per heavy atom. The fraction of sp³-hybridized carbons (Fsp3) is 0.615. The Labute approximate surface area is 201 Å². The number of hydrogen-bond acceptors (Lipinski definition) is 6. The molecule has 6 heteroatoms. The second-order valence-electron chi connectivity index (χ2n) is 8.98. The molecule has 1 saturated heterocycles. The van der Waals surface area contributed by atoms with Crippen LogP contribution in [0.3, 0.4) is 0 Å². The number of ether oxygens (including phenoxy) is 3. The van der Waals surface area contributed by atoms with E-state index in [2.05, 4.69) is 38.1 Å². The molecule has 0 amide bonds. The van der Waals surface area contributed by atoms with Crippen molar-refractivity contribution in [2.75, 3.05) is 25.7 Å². The maximum absolute atomic E-state index is 10.9. The van der Waals surface area contributed by atoms with Crippen LogP contribution in [0.2, 0.25) is 0 Å². The molecule has 4 nitrogen and oxygen atoms in total. The molecule has 1 N–H and O–H groups in total. The van der Waals surface area contributed by atoms with E-state index in [1.54, 1.807) is 23.5 Å². The van der Waals surface area contributed by atoms with Gasteiger partial charge in [0.05, 0.1) is 15.8 Å². The van der Waals surface area contributed by atoms with E-state index in [4.69, 9.17) is 14.2 Å². The SMILES string of the molecule is C=CC(SC)(SC)C1C(O)=C[C@@H]2c3cc(C)cc(CCCCOC4CCCCO4)c3O[C@H]12. The van der Waals surface area contributed by atoms with Crippen molar-refractivity contribution in [3.8, 4) is 5.75 Å². The van der Waals surface area contributed by atoms with E-state index in [1.807, 2.05) is 12.2 Å². The second-order valence-corrected chi connectivity index (χ2v) is 11.4. The number of rotatable bonds is 10. The molecule has 2 unspecified atom stereocenters. The molecule has 1 aromatic carbocycles. The Morgan fingerprint density at radius 3 is 2.75 bits per heavy atom. The Morgan fingerprint density at radius 1 is 1.25 bits per heavy atom. The molecule has 0 radical (unpaired) electrons. The normalized spacial score (nSPS) is 26.9. The van der Waals surface area contributed by atoms with Crippen molar-refractivity contribution in [3.63, 3.8) is 0 Å². The summed E-state index contributed by atoms with van der Waals surface area (Å²) < 4.78 is 17.9. The predicted octanol–water partition coefficient (Wildman–Crippen LogP) is 6.39. The topological polar surface area (TPSA) is 47.9 Å². The summed E-state index contributed by atoms with van der Waals surface area (Å²) in [5, 5.41) is 10.9. The highest BCUT2D eigenvalue weighted by Crippen LogP contribution is 2.57. The molecular formula is C26H36O4S2. The lowest BCUT2D eigenvalue weighted by molar-refractivity contribution is -0.162. The number of aliphatic hydroxyl groups excluding tert-OH is 1.